The van der Waals surface area contributed by atoms with Crippen LogP contribution in [0.15, 0.2) is 0 Å². The van der Waals surface area contributed by atoms with E-state index in [-0.39, 0.29) is 6.54 Å². The van der Waals surface area contributed by atoms with Crippen molar-refractivity contribution in [1.29, 1.82) is 0 Å². The Morgan fingerprint density at radius 2 is 2.09 bits per heavy atom. The van der Waals surface area contributed by atoms with Gasteiger partial charge in [0, 0.05) is 6.54 Å². The molecular formula is C7H14N2O2. The van der Waals surface area contributed by atoms with Crippen LogP contribution in [0.25, 0.3) is 0 Å². The number of carbonyl (C=O) groups is 1. The molecule has 64 valence electrons. The molecule has 1 saturated heterocycles. The van der Waals surface area contributed by atoms with Crippen LogP contribution in [0.5, 0.6) is 0 Å². The van der Waals surface area contributed by atoms with Crippen LogP contribution in [-0.2, 0) is 4.79 Å². The first-order chi connectivity index (χ1) is 5.21. The Kier molecular flexibility index (Phi) is 2.46. The van der Waals surface area contributed by atoms with Gasteiger partial charge in [-0.3, -0.25) is 4.79 Å². The lowest BCUT2D eigenvalue weighted by Crippen LogP contribution is -2.46. The summed E-state index contributed by atoms with van der Waals surface area (Å²) in [5.74, 6) is -0.749. The summed E-state index contributed by atoms with van der Waals surface area (Å²) in [4.78, 5) is 10.8. The predicted molar refractivity (Wildman–Crippen MR) is 41.2 cm³/mol. The van der Waals surface area contributed by atoms with Gasteiger partial charge in [-0.2, -0.15) is 0 Å². The summed E-state index contributed by atoms with van der Waals surface area (Å²) in [6.07, 6.45) is 1.30. The minimum atomic E-state index is -0.749. The van der Waals surface area contributed by atoms with Crippen LogP contribution in [0.2, 0.25) is 0 Å². The molecule has 1 heterocycles. The molecule has 1 aliphatic heterocycles. The minimum Gasteiger partial charge on any atom is -0.481 e. The first-order valence-electron chi connectivity index (χ1n) is 3.85. The predicted octanol–water partition coefficient (Wildman–Crippen LogP) is -0.601. The van der Waals surface area contributed by atoms with Crippen molar-refractivity contribution in [3.63, 3.8) is 0 Å². The second-order valence-corrected chi connectivity index (χ2v) is 3.04. The molecule has 0 spiro atoms. The van der Waals surface area contributed by atoms with Crippen LogP contribution in [-0.4, -0.2) is 30.7 Å². The number of nitrogens with two attached hydrogens (primary N) is 1. The Morgan fingerprint density at radius 3 is 2.36 bits per heavy atom. The third-order valence-corrected chi connectivity index (χ3v) is 2.41. The van der Waals surface area contributed by atoms with E-state index in [1.807, 2.05) is 0 Å². The molecule has 0 aromatic heterocycles. The van der Waals surface area contributed by atoms with Gasteiger partial charge in [-0.05, 0) is 25.9 Å². The van der Waals surface area contributed by atoms with Crippen molar-refractivity contribution in [2.45, 2.75) is 12.8 Å². The summed E-state index contributed by atoms with van der Waals surface area (Å²) in [5.41, 5.74) is 4.78. The molecule has 4 heteroatoms. The fraction of sp³-hybridized carbons (Fsp3) is 0.857. The van der Waals surface area contributed by atoms with Crippen LogP contribution < -0.4 is 11.1 Å². The summed E-state index contributed by atoms with van der Waals surface area (Å²) < 4.78 is 0. The summed E-state index contributed by atoms with van der Waals surface area (Å²) in [7, 11) is 0. The maximum atomic E-state index is 10.8. The minimum absolute atomic E-state index is 0.254. The van der Waals surface area contributed by atoms with E-state index in [0.29, 0.717) is 12.8 Å². The molecule has 0 aliphatic carbocycles. The SMILES string of the molecule is NCC1(C(=O)O)CCNCC1. The van der Waals surface area contributed by atoms with Crippen LogP contribution >= 0.6 is 0 Å². The molecule has 4 N–H and O–H groups in total. The van der Waals surface area contributed by atoms with Gasteiger partial charge in [0.25, 0.3) is 0 Å². The molecule has 0 bridgehead atoms. The second-order valence-electron chi connectivity index (χ2n) is 3.04. The third kappa shape index (κ3) is 1.52. The van der Waals surface area contributed by atoms with Crippen molar-refractivity contribution in [3.05, 3.63) is 0 Å². The zero-order chi connectivity index (χ0) is 8.32. The maximum Gasteiger partial charge on any atom is 0.311 e. The number of hydrogen-bond acceptors (Lipinski definition) is 3. The molecule has 11 heavy (non-hydrogen) atoms. The average molecular weight is 158 g/mol. The van der Waals surface area contributed by atoms with E-state index in [1.165, 1.54) is 0 Å². The summed E-state index contributed by atoms with van der Waals surface area (Å²) in [6.45, 7) is 1.79. The average Bonchev–Trinajstić information content (AvgIpc) is 2.05. The first kappa shape index (κ1) is 8.49. The van der Waals surface area contributed by atoms with E-state index in [0.717, 1.165) is 13.1 Å². The molecule has 4 nitrogen and oxygen atoms in total. The van der Waals surface area contributed by atoms with Gasteiger partial charge in [-0.25, -0.2) is 0 Å². The Labute approximate surface area is 65.8 Å². The Hall–Kier alpha value is -0.610. The molecule has 0 aromatic carbocycles. The zero-order valence-corrected chi connectivity index (χ0v) is 6.47. The molecule has 0 aromatic rings. The Morgan fingerprint density at radius 1 is 1.55 bits per heavy atom. The number of aliphatic carboxylic acids is 1. The van der Waals surface area contributed by atoms with Crippen LogP contribution in [0.1, 0.15) is 12.8 Å². The molecule has 1 rings (SSSR count). The number of carboxylic acid groups (broad SMARTS) is 1. The van der Waals surface area contributed by atoms with Crippen molar-refractivity contribution in [3.8, 4) is 0 Å². The van der Waals surface area contributed by atoms with Crippen LogP contribution in [0.3, 0.4) is 0 Å². The fourth-order valence-electron chi connectivity index (χ4n) is 1.41. The molecule has 1 fully saturated rings. The number of piperidine rings is 1. The quantitative estimate of drug-likeness (QED) is 0.501. The van der Waals surface area contributed by atoms with Crippen molar-refractivity contribution in [2.75, 3.05) is 19.6 Å². The van der Waals surface area contributed by atoms with Crippen molar-refractivity contribution >= 4 is 5.97 Å². The van der Waals surface area contributed by atoms with Gasteiger partial charge in [0.15, 0.2) is 0 Å². The molecule has 0 unspecified atom stereocenters. The van der Waals surface area contributed by atoms with E-state index in [1.54, 1.807) is 0 Å². The van der Waals surface area contributed by atoms with Gasteiger partial charge in [0.1, 0.15) is 0 Å². The van der Waals surface area contributed by atoms with Gasteiger partial charge in [0.2, 0.25) is 0 Å². The maximum absolute atomic E-state index is 10.8. The Bertz CT molecular complexity index is 153. The van der Waals surface area contributed by atoms with Crippen LogP contribution in [0.4, 0.5) is 0 Å². The number of rotatable bonds is 2. The van der Waals surface area contributed by atoms with Crippen LogP contribution in [0, 0.1) is 5.41 Å². The normalized spacial score (nSPS) is 23.0. The van der Waals surface area contributed by atoms with Crippen molar-refractivity contribution in [1.82, 2.24) is 5.32 Å². The standard InChI is InChI=1S/C7H14N2O2/c8-5-7(6(10)11)1-3-9-4-2-7/h9H,1-5,8H2,(H,10,11). The highest BCUT2D eigenvalue weighted by Crippen LogP contribution is 2.27. The topological polar surface area (TPSA) is 75.4 Å². The second kappa shape index (κ2) is 3.19. The lowest BCUT2D eigenvalue weighted by atomic mass is 9.79. The summed E-state index contributed by atoms with van der Waals surface area (Å²) in [5, 5.41) is 12.0. The van der Waals surface area contributed by atoms with Crippen molar-refractivity contribution < 1.29 is 9.90 Å². The summed E-state index contributed by atoms with van der Waals surface area (Å²) in [6, 6.07) is 0. The fourth-order valence-corrected chi connectivity index (χ4v) is 1.41. The van der Waals surface area contributed by atoms with E-state index < -0.39 is 11.4 Å². The lowest BCUT2D eigenvalue weighted by molar-refractivity contribution is -0.149. The Balaban J connectivity index is 2.64. The highest BCUT2D eigenvalue weighted by molar-refractivity contribution is 5.75. The lowest BCUT2D eigenvalue weighted by Gasteiger charge is -2.31. The largest absolute Gasteiger partial charge is 0.481 e. The molecule has 0 atom stereocenters. The van der Waals surface area contributed by atoms with Gasteiger partial charge in [-0.15, -0.1) is 0 Å². The smallest absolute Gasteiger partial charge is 0.311 e. The molecule has 0 saturated carbocycles. The molecule has 0 amide bonds. The third-order valence-electron chi connectivity index (χ3n) is 2.41. The first-order valence-corrected chi connectivity index (χ1v) is 3.85. The van der Waals surface area contributed by atoms with E-state index in [9.17, 15) is 4.79 Å². The number of nitrogens with one attached hydrogen (secondary N) is 1. The number of hydrogen-bond donors (Lipinski definition) is 3. The van der Waals surface area contributed by atoms with Gasteiger partial charge in [-0.1, -0.05) is 0 Å². The van der Waals surface area contributed by atoms with Gasteiger partial charge >= 0.3 is 5.97 Å². The van der Waals surface area contributed by atoms with Gasteiger partial charge < -0.3 is 16.2 Å². The summed E-state index contributed by atoms with van der Waals surface area (Å²) >= 11 is 0. The van der Waals surface area contributed by atoms with E-state index >= 15 is 0 Å². The highest BCUT2D eigenvalue weighted by atomic mass is 16.4. The highest BCUT2D eigenvalue weighted by Gasteiger charge is 2.37. The van der Waals surface area contributed by atoms with E-state index in [4.69, 9.17) is 10.8 Å². The molecule has 0 radical (unpaired) electrons. The molecular weight excluding hydrogens is 144 g/mol. The van der Waals surface area contributed by atoms with Crippen molar-refractivity contribution in [2.24, 2.45) is 11.1 Å². The zero-order valence-electron chi connectivity index (χ0n) is 6.47. The van der Waals surface area contributed by atoms with Gasteiger partial charge in [0.05, 0.1) is 5.41 Å². The monoisotopic (exact) mass is 158 g/mol. The van der Waals surface area contributed by atoms with E-state index in [2.05, 4.69) is 5.32 Å². The molecule has 1 aliphatic rings. The number of carboxylic acids is 1.